The lowest BCUT2D eigenvalue weighted by Gasteiger charge is -2.26. The molecule has 2 aromatic rings. The molecule has 23 heavy (non-hydrogen) atoms. The molecule has 2 amide bonds. The van der Waals surface area contributed by atoms with Gasteiger partial charge in [0.05, 0.1) is 11.8 Å². The highest BCUT2D eigenvalue weighted by molar-refractivity contribution is 7.10. The second kappa shape index (κ2) is 7.57. The van der Waals surface area contributed by atoms with Gasteiger partial charge in [0.1, 0.15) is 5.00 Å². The molecule has 3 N–H and O–H groups in total. The van der Waals surface area contributed by atoms with Gasteiger partial charge in [0.15, 0.2) is 0 Å². The van der Waals surface area contributed by atoms with Crippen molar-refractivity contribution < 1.29 is 9.90 Å². The molecule has 0 saturated carbocycles. The van der Waals surface area contributed by atoms with E-state index in [0.717, 1.165) is 11.3 Å². The third-order valence-corrected chi connectivity index (χ3v) is 4.10. The van der Waals surface area contributed by atoms with Gasteiger partial charge in [-0.1, -0.05) is 44.2 Å². The Morgan fingerprint density at radius 2 is 2.04 bits per heavy atom. The number of carbonyl (C=O) groups is 1. The van der Waals surface area contributed by atoms with Crippen molar-refractivity contribution in [3.8, 4) is 11.3 Å². The van der Waals surface area contributed by atoms with Crippen LogP contribution in [0.5, 0.6) is 0 Å². The van der Waals surface area contributed by atoms with Gasteiger partial charge in [-0.3, -0.25) is 5.32 Å². The number of carbonyl (C=O) groups excluding carboxylic acids is 1. The summed E-state index contributed by atoms with van der Waals surface area (Å²) < 4.78 is 4.35. The number of hydrogen-bond acceptors (Lipinski definition) is 4. The minimum atomic E-state index is -0.384. The number of rotatable bonds is 6. The largest absolute Gasteiger partial charge is 0.393 e. The van der Waals surface area contributed by atoms with Crippen LogP contribution >= 0.6 is 11.5 Å². The van der Waals surface area contributed by atoms with Crippen LogP contribution in [0.4, 0.5) is 9.80 Å². The topological polar surface area (TPSA) is 74.2 Å². The molecule has 0 radical (unpaired) electrons. The molecule has 0 aliphatic heterocycles. The van der Waals surface area contributed by atoms with E-state index >= 15 is 0 Å². The lowest BCUT2D eigenvalue weighted by Crippen LogP contribution is -2.37. The van der Waals surface area contributed by atoms with E-state index in [1.165, 1.54) is 11.5 Å². The van der Waals surface area contributed by atoms with E-state index in [2.05, 4.69) is 15.0 Å². The molecule has 0 saturated heterocycles. The average molecular weight is 333 g/mol. The fourth-order valence-electron chi connectivity index (χ4n) is 2.43. The molecule has 1 heterocycles. The summed E-state index contributed by atoms with van der Waals surface area (Å²) in [6.07, 6.45) is 0.246. The Kier molecular flexibility index (Phi) is 5.74. The number of hydrogen-bond donors (Lipinski definition) is 3. The van der Waals surface area contributed by atoms with Crippen molar-refractivity contribution >= 4 is 22.6 Å². The zero-order chi connectivity index (χ0) is 16.9. The molecule has 1 aromatic carbocycles. The summed E-state index contributed by atoms with van der Waals surface area (Å²) in [4.78, 5) is 12.0. The number of anilines is 1. The molecule has 124 valence electrons. The first-order valence-electron chi connectivity index (χ1n) is 7.61. The Hall–Kier alpha value is -1.92. The smallest absolute Gasteiger partial charge is 0.319 e. The average Bonchev–Trinajstić information content (AvgIpc) is 2.93. The maximum absolute atomic E-state index is 12.0. The standard InChI is InChI=1S/C17H23N3O2S/c1-12(21)10-17(2,3)11-18-16(22)19-15-9-14(20-23-15)13-7-5-4-6-8-13/h4-9,12,21H,10-11H2,1-3H3,(H2,18,19,22). The van der Waals surface area contributed by atoms with Crippen LogP contribution in [-0.4, -0.2) is 28.2 Å². The molecule has 0 spiro atoms. The van der Waals surface area contributed by atoms with E-state index in [0.29, 0.717) is 18.0 Å². The third kappa shape index (κ3) is 5.65. The predicted molar refractivity (Wildman–Crippen MR) is 94.7 cm³/mol. The first-order chi connectivity index (χ1) is 10.9. The van der Waals surface area contributed by atoms with Gasteiger partial charge in [-0.2, -0.15) is 4.37 Å². The summed E-state index contributed by atoms with van der Waals surface area (Å²) in [7, 11) is 0. The Balaban J connectivity index is 1.88. The Morgan fingerprint density at radius 1 is 1.35 bits per heavy atom. The van der Waals surface area contributed by atoms with Gasteiger partial charge in [-0.25, -0.2) is 4.79 Å². The lowest BCUT2D eigenvalue weighted by molar-refractivity contribution is 0.129. The number of urea groups is 1. The van der Waals surface area contributed by atoms with Gasteiger partial charge >= 0.3 is 6.03 Å². The van der Waals surface area contributed by atoms with Crippen molar-refractivity contribution in [3.63, 3.8) is 0 Å². The minimum Gasteiger partial charge on any atom is -0.393 e. The van der Waals surface area contributed by atoms with Crippen LogP contribution in [0.2, 0.25) is 0 Å². The van der Waals surface area contributed by atoms with E-state index in [1.807, 2.05) is 50.2 Å². The fourth-order valence-corrected chi connectivity index (χ4v) is 3.08. The normalized spacial score (nSPS) is 12.7. The van der Waals surface area contributed by atoms with Crippen LogP contribution in [0.15, 0.2) is 36.4 Å². The highest BCUT2D eigenvalue weighted by atomic mass is 32.1. The van der Waals surface area contributed by atoms with Crippen LogP contribution in [0.1, 0.15) is 27.2 Å². The first-order valence-corrected chi connectivity index (χ1v) is 8.38. The van der Waals surface area contributed by atoms with E-state index in [-0.39, 0.29) is 17.6 Å². The molecular formula is C17H23N3O2S. The van der Waals surface area contributed by atoms with Gasteiger partial charge in [0.25, 0.3) is 0 Å². The molecule has 0 fully saturated rings. The summed E-state index contributed by atoms with van der Waals surface area (Å²) in [6, 6.07) is 11.4. The monoisotopic (exact) mass is 333 g/mol. The molecule has 2 rings (SSSR count). The second-order valence-corrected chi connectivity index (χ2v) is 7.27. The highest BCUT2D eigenvalue weighted by Crippen LogP contribution is 2.25. The van der Waals surface area contributed by atoms with Gasteiger partial charge in [0.2, 0.25) is 0 Å². The zero-order valence-electron chi connectivity index (χ0n) is 13.7. The quantitative estimate of drug-likeness (QED) is 0.754. The van der Waals surface area contributed by atoms with E-state index in [1.54, 1.807) is 6.92 Å². The third-order valence-electron chi connectivity index (χ3n) is 3.39. The molecule has 1 unspecified atom stereocenters. The van der Waals surface area contributed by atoms with Crippen LogP contribution < -0.4 is 10.6 Å². The van der Waals surface area contributed by atoms with Gasteiger partial charge in [0, 0.05) is 18.2 Å². The molecule has 0 aliphatic carbocycles. The Bertz CT molecular complexity index is 638. The number of nitrogens with one attached hydrogen (secondary N) is 2. The van der Waals surface area contributed by atoms with E-state index < -0.39 is 0 Å². The van der Waals surface area contributed by atoms with Crippen molar-refractivity contribution in [2.24, 2.45) is 5.41 Å². The maximum Gasteiger partial charge on any atom is 0.319 e. The number of benzene rings is 1. The molecule has 6 heteroatoms. The number of aliphatic hydroxyl groups is 1. The van der Waals surface area contributed by atoms with Crippen molar-refractivity contribution in [2.75, 3.05) is 11.9 Å². The molecule has 5 nitrogen and oxygen atoms in total. The predicted octanol–water partition coefficient (Wildman–Crippen LogP) is 3.73. The van der Waals surface area contributed by atoms with E-state index in [9.17, 15) is 9.90 Å². The molecule has 0 bridgehead atoms. The molecule has 1 atom stereocenters. The summed E-state index contributed by atoms with van der Waals surface area (Å²) in [5, 5.41) is 15.8. The second-order valence-electron chi connectivity index (χ2n) is 6.47. The van der Waals surface area contributed by atoms with Crippen molar-refractivity contribution in [3.05, 3.63) is 36.4 Å². The number of aliphatic hydroxyl groups excluding tert-OH is 1. The van der Waals surface area contributed by atoms with Gasteiger partial charge < -0.3 is 10.4 Å². The summed E-state index contributed by atoms with van der Waals surface area (Å²) in [5.41, 5.74) is 1.71. The number of aromatic nitrogens is 1. The summed E-state index contributed by atoms with van der Waals surface area (Å²) in [5.74, 6) is 0. The highest BCUT2D eigenvalue weighted by Gasteiger charge is 2.21. The van der Waals surface area contributed by atoms with Crippen LogP contribution in [0.3, 0.4) is 0 Å². The maximum atomic E-state index is 12.0. The van der Waals surface area contributed by atoms with Crippen LogP contribution in [0.25, 0.3) is 11.3 Å². The number of amides is 2. The molecule has 0 aliphatic rings. The SMILES string of the molecule is CC(O)CC(C)(C)CNC(=O)Nc1cc(-c2ccccc2)ns1. The lowest BCUT2D eigenvalue weighted by atomic mass is 9.87. The zero-order valence-corrected chi connectivity index (χ0v) is 14.5. The van der Waals surface area contributed by atoms with Crippen LogP contribution in [-0.2, 0) is 0 Å². The minimum absolute atomic E-state index is 0.158. The molecular weight excluding hydrogens is 310 g/mol. The summed E-state index contributed by atoms with van der Waals surface area (Å²) >= 11 is 1.25. The Morgan fingerprint density at radius 3 is 2.70 bits per heavy atom. The first kappa shape index (κ1) is 17.4. The van der Waals surface area contributed by atoms with Crippen molar-refractivity contribution in [1.82, 2.24) is 9.69 Å². The molecule has 1 aromatic heterocycles. The Labute approximate surface area is 140 Å². The van der Waals surface area contributed by atoms with Gasteiger partial charge in [-0.15, -0.1) is 0 Å². The number of nitrogens with zero attached hydrogens (tertiary/aromatic N) is 1. The van der Waals surface area contributed by atoms with E-state index in [4.69, 9.17) is 0 Å². The van der Waals surface area contributed by atoms with Gasteiger partial charge in [-0.05, 0) is 30.3 Å². The fraction of sp³-hybridized carbons (Fsp3) is 0.412. The van der Waals surface area contributed by atoms with Crippen LogP contribution in [0, 0.1) is 5.41 Å². The summed E-state index contributed by atoms with van der Waals surface area (Å²) in [6.45, 7) is 6.28. The van der Waals surface area contributed by atoms with Crippen molar-refractivity contribution in [1.29, 1.82) is 0 Å². The van der Waals surface area contributed by atoms with Crippen molar-refractivity contribution in [2.45, 2.75) is 33.3 Å².